The van der Waals surface area contributed by atoms with Crippen LogP contribution in [0.2, 0.25) is 0 Å². The molecule has 0 aromatic heterocycles. The van der Waals surface area contributed by atoms with Gasteiger partial charge in [-0.25, -0.2) is 0 Å². The normalized spacial score (nSPS) is 14.4. The minimum Gasteiger partial charge on any atom is -0.385 e. The molecular weight excluding hydrogens is 452 g/mol. The third kappa shape index (κ3) is 6.85. The average molecular weight is 491 g/mol. The van der Waals surface area contributed by atoms with Gasteiger partial charge in [0.15, 0.2) is 0 Å². The van der Waals surface area contributed by atoms with E-state index in [1.165, 1.54) is 11.1 Å². The first-order valence-electron chi connectivity index (χ1n) is 13.2. The minimum absolute atomic E-state index is 0.214. The monoisotopic (exact) mass is 490 g/mol. The first-order chi connectivity index (χ1) is 17.9. The molecule has 2 atom stereocenters. The van der Waals surface area contributed by atoms with Crippen molar-refractivity contribution in [2.45, 2.75) is 46.1 Å². The van der Waals surface area contributed by atoms with Gasteiger partial charge >= 0.3 is 0 Å². The fraction of sp³-hybridized carbons (Fsp3) is 0.273. The van der Waals surface area contributed by atoms with Crippen LogP contribution in [-0.4, -0.2) is 18.0 Å². The highest BCUT2D eigenvalue weighted by molar-refractivity contribution is 6.20. The van der Waals surface area contributed by atoms with E-state index in [-0.39, 0.29) is 6.04 Å². The first-order valence-corrected chi connectivity index (χ1v) is 13.2. The average Bonchev–Trinajstić information content (AvgIpc) is 3.42. The van der Waals surface area contributed by atoms with E-state index in [2.05, 4.69) is 109 Å². The molecule has 4 rings (SSSR count). The Kier molecular flexibility index (Phi) is 8.73. The summed E-state index contributed by atoms with van der Waals surface area (Å²) in [5, 5.41) is 16.1. The van der Waals surface area contributed by atoms with Crippen molar-refractivity contribution >= 4 is 22.8 Å². The molecular formula is C33H38N4. The van der Waals surface area contributed by atoms with Crippen LogP contribution < -0.4 is 10.6 Å². The Morgan fingerprint density at radius 3 is 2.08 bits per heavy atom. The lowest BCUT2D eigenvalue weighted by Crippen LogP contribution is -2.19. The molecule has 0 radical (unpaired) electrons. The van der Waals surface area contributed by atoms with E-state index in [1.54, 1.807) is 0 Å². The van der Waals surface area contributed by atoms with Crippen LogP contribution in [0.3, 0.4) is 0 Å². The molecule has 0 saturated heterocycles. The molecule has 0 saturated carbocycles. The van der Waals surface area contributed by atoms with Crippen molar-refractivity contribution in [2.24, 2.45) is 16.1 Å². The standard InChI is InChI=1S/C33H38N4/c1-6-24(4)33(29-14-12-26(13-15-29)25(5)34-21-20-23(2)3)35-30-18-16-28(17-19-30)32-22-31(36-37-32)27-10-8-7-9-11-27/h7-19,24,33-35H,2,5-6,20-22H2,1,3-4H3. The van der Waals surface area contributed by atoms with Crippen molar-refractivity contribution in [1.82, 2.24) is 5.32 Å². The third-order valence-electron chi connectivity index (χ3n) is 7.00. The molecule has 1 aliphatic heterocycles. The van der Waals surface area contributed by atoms with Gasteiger partial charge in [0, 0.05) is 24.4 Å². The summed E-state index contributed by atoms with van der Waals surface area (Å²) in [4.78, 5) is 0. The van der Waals surface area contributed by atoms with Crippen LogP contribution in [0.4, 0.5) is 5.69 Å². The summed E-state index contributed by atoms with van der Waals surface area (Å²) in [6.07, 6.45) is 2.79. The summed E-state index contributed by atoms with van der Waals surface area (Å²) >= 11 is 0. The van der Waals surface area contributed by atoms with E-state index in [4.69, 9.17) is 0 Å². The number of nitrogens with zero attached hydrogens (tertiary/aromatic N) is 2. The predicted octanol–water partition coefficient (Wildman–Crippen LogP) is 8.01. The fourth-order valence-electron chi connectivity index (χ4n) is 4.45. The number of hydrogen-bond acceptors (Lipinski definition) is 4. The Morgan fingerprint density at radius 1 is 0.865 bits per heavy atom. The van der Waals surface area contributed by atoms with Crippen LogP contribution in [0.15, 0.2) is 108 Å². The van der Waals surface area contributed by atoms with E-state index in [0.29, 0.717) is 5.92 Å². The highest BCUT2D eigenvalue weighted by atomic mass is 15.2. The van der Waals surface area contributed by atoms with Crippen LogP contribution >= 0.6 is 0 Å². The van der Waals surface area contributed by atoms with Crippen molar-refractivity contribution in [3.05, 3.63) is 120 Å². The number of nitrogens with one attached hydrogen (secondary N) is 2. The number of benzene rings is 3. The van der Waals surface area contributed by atoms with Crippen LogP contribution in [0, 0.1) is 5.92 Å². The van der Waals surface area contributed by atoms with Crippen LogP contribution in [-0.2, 0) is 0 Å². The molecule has 3 aromatic rings. The van der Waals surface area contributed by atoms with E-state index in [0.717, 1.165) is 65.3 Å². The van der Waals surface area contributed by atoms with E-state index in [9.17, 15) is 0 Å². The molecule has 0 bridgehead atoms. The summed E-state index contributed by atoms with van der Waals surface area (Å²) in [6.45, 7) is 15.6. The maximum Gasteiger partial charge on any atom is 0.0763 e. The van der Waals surface area contributed by atoms with E-state index < -0.39 is 0 Å². The van der Waals surface area contributed by atoms with Crippen LogP contribution in [0.1, 0.15) is 68.3 Å². The molecule has 0 aliphatic carbocycles. The third-order valence-corrected chi connectivity index (χ3v) is 7.00. The molecule has 2 N–H and O–H groups in total. The molecule has 3 aromatic carbocycles. The van der Waals surface area contributed by atoms with Gasteiger partial charge < -0.3 is 10.6 Å². The van der Waals surface area contributed by atoms with Gasteiger partial charge in [-0.15, -0.1) is 6.58 Å². The lowest BCUT2D eigenvalue weighted by atomic mass is 9.91. The molecule has 4 nitrogen and oxygen atoms in total. The van der Waals surface area contributed by atoms with Gasteiger partial charge in [0.2, 0.25) is 0 Å². The maximum atomic E-state index is 4.46. The highest BCUT2D eigenvalue weighted by Gasteiger charge is 2.19. The lowest BCUT2D eigenvalue weighted by molar-refractivity contribution is 0.482. The van der Waals surface area contributed by atoms with Crippen molar-refractivity contribution in [3.63, 3.8) is 0 Å². The number of anilines is 1. The molecule has 1 aliphatic rings. The smallest absolute Gasteiger partial charge is 0.0763 e. The Labute approximate surface area is 221 Å². The zero-order chi connectivity index (χ0) is 26.2. The van der Waals surface area contributed by atoms with Crippen molar-refractivity contribution < 1.29 is 0 Å². The highest BCUT2D eigenvalue weighted by Crippen LogP contribution is 2.30. The van der Waals surface area contributed by atoms with Gasteiger partial charge in [0.25, 0.3) is 0 Å². The Balaban J connectivity index is 1.40. The molecule has 2 unspecified atom stereocenters. The zero-order valence-electron chi connectivity index (χ0n) is 22.3. The van der Waals surface area contributed by atoms with Crippen LogP contribution in [0.25, 0.3) is 5.70 Å². The Morgan fingerprint density at radius 2 is 1.49 bits per heavy atom. The van der Waals surface area contributed by atoms with Gasteiger partial charge in [-0.05, 0) is 53.6 Å². The molecule has 190 valence electrons. The summed E-state index contributed by atoms with van der Waals surface area (Å²) < 4.78 is 0. The molecule has 0 fully saturated rings. The molecule has 4 heteroatoms. The molecule has 1 heterocycles. The minimum atomic E-state index is 0.214. The maximum absolute atomic E-state index is 4.46. The second-order valence-electron chi connectivity index (χ2n) is 9.96. The molecule has 0 spiro atoms. The SMILES string of the molecule is C=C(C)CCNC(=C)c1ccc(C(Nc2ccc(C3=NN=C(c4ccccc4)C3)cc2)C(C)CC)cc1. The van der Waals surface area contributed by atoms with Gasteiger partial charge in [-0.2, -0.15) is 10.2 Å². The summed E-state index contributed by atoms with van der Waals surface area (Å²) in [7, 11) is 0. The van der Waals surface area contributed by atoms with Crippen molar-refractivity contribution in [3.8, 4) is 0 Å². The summed E-state index contributed by atoms with van der Waals surface area (Å²) in [5.41, 5.74) is 9.90. The van der Waals surface area contributed by atoms with Gasteiger partial charge in [-0.3, -0.25) is 0 Å². The second kappa shape index (κ2) is 12.4. The van der Waals surface area contributed by atoms with Crippen molar-refractivity contribution in [1.29, 1.82) is 0 Å². The molecule has 37 heavy (non-hydrogen) atoms. The predicted molar refractivity (Wildman–Crippen MR) is 159 cm³/mol. The van der Waals surface area contributed by atoms with E-state index in [1.807, 2.05) is 25.1 Å². The lowest BCUT2D eigenvalue weighted by Gasteiger charge is -2.26. The molecule has 0 amide bonds. The van der Waals surface area contributed by atoms with Gasteiger partial charge in [0.05, 0.1) is 17.5 Å². The topological polar surface area (TPSA) is 48.8 Å². The Bertz CT molecular complexity index is 1270. The van der Waals surface area contributed by atoms with Crippen molar-refractivity contribution in [2.75, 3.05) is 11.9 Å². The summed E-state index contributed by atoms with van der Waals surface area (Å²) in [6, 6.07) is 27.8. The summed E-state index contributed by atoms with van der Waals surface area (Å²) in [5.74, 6) is 0.475. The second-order valence-corrected chi connectivity index (χ2v) is 9.96. The quantitative estimate of drug-likeness (QED) is 0.253. The van der Waals surface area contributed by atoms with Gasteiger partial charge in [-0.1, -0.05) is 99.2 Å². The number of hydrogen-bond donors (Lipinski definition) is 2. The largest absolute Gasteiger partial charge is 0.385 e. The number of rotatable bonds is 12. The zero-order valence-corrected chi connectivity index (χ0v) is 22.3. The first kappa shape index (κ1) is 26.2. The van der Waals surface area contributed by atoms with E-state index >= 15 is 0 Å². The Hall–Kier alpha value is -3.92. The fourth-order valence-corrected chi connectivity index (χ4v) is 4.45. The van der Waals surface area contributed by atoms with Crippen LogP contribution in [0.5, 0.6) is 0 Å². The van der Waals surface area contributed by atoms with Gasteiger partial charge in [0.1, 0.15) is 0 Å².